The van der Waals surface area contributed by atoms with E-state index in [4.69, 9.17) is 11.6 Å². The van der Waals surface area contributed by atoms with Crippen LogP contribution in [0.3, 0.4) is 0 Å². The number of carbonyl (C=O) groups is 1. The number of anilines is 2. The van der Waals surface area contributed by atoms with Gasteiger partial charge in [-0.05, 0) is 47.5 Å². The fourth-order valence-corrected chi connectivity index (χ4v) is 5.60. The van der Waals surface area contributed by atoms with E-state index in [0.717, 1.165) is 22.4 Å². The van der Waals surface area contributed by atoms with E-state index in [0.29, 0.717) is 10.2 Å². The molecule has 0 saturated heterocycles. The zero-order valence-corrected chi connectivity index (χ0v) is 21.6. The molecule has 0 saturated carbocycles. The van der Waals surface area contributed by atoms with Crippen LogP contribution >= 0.6 is 22.9 Å². The number of nitrogens with one attached hydrogen (secondary N) is 2. The van der Waals surface area contributed by atoms with Gasteiger partial charge in [0.15, 0.2) is 5.13 Å². The standard InChI is InChI=1S/C28H20ClN3O3S2/c29-22-14-16-23(17-15-22)37(34,35)32-25-9-5-4-8-24(25)27(33)31-28-30-26(18-36-28)21-12-10-20(11-13-21)19-6-2-1-3-7-19/h1-18,32H,(H,30,31,33). The van der Waals surface area contributed by atoms with Crippen LogP contribution in [-0.4, -0.2) is 19.3 Å². The molecule has 0 fully saturated rings. The van der Waals surface area contributed by atoms with Crippen molar-refractivity contribution in [1.82, 2.24) is 4.98 Å². The van der Waals surface area contributed by atoms with Gasteiger partial charge in [0.2, 0.25) is 0 Å². The van der Waals surface area contributed by atoms with Crippen LogP contribution in [0.4, 0.5) is 10.8 Å². The van der Waals surface area contributed by atoms with E-state index in [-0.39, 0.29) is 16.1 Å². The molecule has 184 valence electrons. The summed E-state index contributed by atoms with van der Waals surface area (Å²) in [5.74, 6) is -0.477. The number of hydrogen-bond acceptors (Lipinski definition) is 5. The van der Waals surface area contributed by atoms with E-state index in [1.807, 2.05) is 47.8 Å². The Kier molecular flexibility index (Phi) is 7.05. The van der Waals surface area contributed by atoms with E-state index in [1.165, 1.54) is 41.7 Å². The molecule has 5 aromatic rings. The molecule has 0 aliphatic heterocycles. The fourth-order valence-electron chi connectivity index (χ4n) is 3.68. The number of amides is 1. The predicted molar refractivity (Wildman–Crippen MR) is 150 cm³/mol. The Labute approximate surface area is 223 Å². The number of aromatic nitrogens is 1. The van der Waals surface area contributed by atoms with E-state index in [1.54, 1.807) is 18.2 Å². The van der Waals surface area contributed by atoms with Crippen molar-refractivity contribution in [1.29, 1.82) is 0 Å². The number of hydrogen-bond donors (Lipinski definition) is 2. The Morgan fingerprint density at radius 1 is 0.757 bits per heavy atom. The molecule has 1 aromatic heterocycles. The molecule has 0 radical (unpaired) electrons. The van der Waals surface area contributed by atoms with Crippen LogP contribution in [0.5, 0.6) is 0 Å². The van der Waals surface area contributed by atoms with Gasteiger partial charge in [-0.3, -0.25) is 14.8 Å². The Hall–Kier alpha value is -3.98. The lowest BCUT2D eigenvalue weighted by atomic mass is 10.0. The third-order valence-electron chi connectivity index (χ3n) is 5.55. The van der Waals surface area contributed by atoms with Crippen molar-refractivity contribution >= 4 is 49.7 Å². The average molecular weight is 546 g/mol. The highest BCUT2D eigenvalue weighted by molar-refractivity contribution is 7.92. The van der Waals surface area contributed by atoms with Gasteiger partial charge in [-0.2, -0.15) is 0 Å². The molecule has 6 nitrogen and oxygen atoms in total. The number of thiazole rings is 1. The Morgan fingerprint density at radius 3 is 2.11 bits per heavy atom. The van der Waals surface area contributed by atoms with E-state index in [2.05, 4.69) is 27.2 Å². The summed E-state index contributed by atoms with van der Waals surface area (Å²) in [4.78, 5) is 17.6. The van der Waals surface area contributed by atoms with Gasteiger partial charge in [-0.15, -0.1) is 11.3 Å². The van der Waals surface area contributed by atoms with Gasteiger partial charge in [0, 0.05) is 16.0 Å². The fraction of sp³-hybridized carbons (Fsp3) is 0. The van der Waals surface area contributed by atoms with Crippen LogP contribution in [0, 0.1) is 0 Å². The van der Waals surface area contributed by atoms with Crippen molar-refractivity contribution < 1.29 is 13.2 Å². The predicted octanol–water partition coefficient (Wildman–Crippen LogP) is 7.18. The second-order valence-corrected chi connectivity index (χ2v) is 11.0. The number of carbonyl (C=O) groups excluding carboxylic acids is 1. The summed E-state index contributed by atoms with van der Waals surface area (Å²) < 4.78 is 28.1. The summed E-state index contributed by atoms with van der Waals surface area (Å²) in [5.41, 5.74) is 4.22. The molecule has 4 aromatic carbocycles. The zero-order valence-electron chi connectivity index (χ0n) is 19.3. The maximum Gasteiger partial charge on any atom is 0.261 e. The summed E-state index contributed by atoms with van der Waals surface area (Å²) >= 11 is 7.16. The highest BCUT2D eigenvalue weighted by Crippen LogP contribution is 2.29. The van der Waals surface area contributed by atoms with Crippen LogP contribution in [0.25, 0.3) is 22.4 Å². The molecule has 5 rings (SSSR count). The number of sulfonamides is 1. The van der Waals surface area contributed by atoms with Crippen molar-refractivity contribution in [3.8, 4) is 22.4 Å². The Bertz CT molecular complexity index is 1650. The average Bonchev–Trinajstić information content (AvgIpc) is 3.38. The molecule has 0 aliphatic carbocycles. The molecule has 9 heteroatoms. The van der Waals surface area contributed by atoms with Crippen molar-refractivity contribution in [2.24, 2.45) is 0 Å². The summed E-state index contributed by atoms with van der Waals surface area (Å²) in [5, 5.41) is 5.47. The van der Waals surface area contributed by atoms with Crippen LogP contribution in [0.15, 0.2) is 113 Å². The van der Waals surface area contributed by atoms with Crippen LogP contribution in [-0.2, 0) is 10.0 Å². The van der Waals surface area contributed by atoms with Gasteiger partial charge in [-0.1, -0.05) is 78.3 Å². The van der Waals surface area contributed by atoms with E-state index in [9.17, 15) is 13.2 Å². The van der Waals surface area contributed by atoms with Gasteiger partial charge in [0.25, 0.3) is 15.9 Å². The number of rotatable bonds is 7. The van der Waals surface area contributed by atoms with Crippen molar-refractivity contribution in [2.75, 3.05) is 10.0 Å². The lowest BCUT2D eigenvalue weighted by Gasteiger charge is -2.12. The molecule has 0 aliphatic rings. The van der Waals surface area contributed by atoms with Crippen molar-refractivity contribution in [3.05, 3.63) is 119 Å². The first-order chi connectivity index (χ1) is 17.9. The second kappa shape index (κ2) is 10.6. The summed E-state index contributed by atoms with van der Waals surface area (Å²) in [6, 6.07) is 30.3. The summed E-state index contributed by atoms with van der Waals surface area (Å²) in [7, 11) is -3.92. The Balaban J connectivity index is 1.32. The van der Waals surface area contributed by atoms with Gasteiger partial charge in [0.05, 0.1) is 21.8 Å². The maximum absolute atomic E-state index is 13.1. The van der Waals surface area contributed by atoms with Crippen LogP contribution in [0.1, 0.15) is 10.4 Å². The molecule has 0 bridgehead atoms. The minimum atomic E-state index is -3.92. The molecule has 0 unspecified atom stereocenters. The second-order valence-electron chi connectivity index (χ2n) is 8.04. The van der Waals surface area contributed by atoms with Gasteiger partial charge in [-0.25, -0.2) is 13.4 Å². The SMILES string of the molecule is O=C(Nc1nc(-c2ccc(-c3ccccc3)cc2)cs1)c1ccccc1NS(=O)(=O)c1ccc(Cl)cc1. The lowest BCUT2D eigenvalue weighted by molar-refractivity contribution is 0.102. The first kappa shape index (κ1) is 24.7. The number of nitrogens with zero attached hydrogens (tertiary/aromatic N) is 1. The molecular formula is C28H20ClN3O3S2. The largest absolute Gasteiger partial charge is 0.298 e. The highest BCUT2D eigenvalue weighted by atomic mass is 35.5. The van der Waals surface area contributed by atoms with Gasteiger partial charge >= 0.3 is 0 Å². The van der Waals surface area contributed by atoms with Crippen LogP contribution in [0.2, 0.25) is 5.02 Å². The third-order valence-corrected chi connectivity index (χ3v) is 7.94. The van der Waals surface area contributed by atoms with E-state index >= 15 is 0 Å². The summed E-state index contributed by atoms with van der Waals surface area (Å²) in [6.07, 6.45) is 0. The Morgan fingerprint density at radius 2 is 1.38 bits per heavy atom. The van der Waals surface area contributed by atoms with Crippen molar-refractivity contribution in [3.63, 3.8) is 0 Å². The monoisotopic (exact) mass is 545 g/mol. The van der Waals surface area contributed by atoms with Crippen molar-refractivity contribution in [2.45, 2.75) is 4.90 Å². The van der Waals surface area contributed by atoms with Gasteiger partial charge < -0.3 is 0 Å². The molecule has 0 atom stereocenters. The van der Waals surface area contributed by atoms with Gasteiger partial charge in [0.1, 0.15) is 0 Å². The minimum Gasteiger partial charge on any atom is -0.298 e. The highest BCUT2D eigenvalue weighted by Gasteiger charge is 2.19. The van der Waals surface area contributed by atoms with Crippen LogP contribution < -0.4 is 10.0 Å². The smallest absolute Gasteiger partial charge is 0.261 e. The zero-order chi connectivity index (χ0) is 25.8. The third kappa shape index (κ3) is 5.72. The quantitative estimate of drug-likeness (QED) is 0.227. The number of para-hydroxylation sites is 1. The number of benzene rings is 4. The molecule has 2 N–H and O–H groups in total. The molecule has 1 heterocycles. The molecule has 37 heavy (non-hydrogen) atoms. The molecular weight excluding hydrogens is 526 g/mol. The van der Waals surface area contributed by atoms with E-state index < -0.39 is 15.9 Å². The maximum atomic E-state index is 13.1. The molecule has 0 spiro atoms. The number of halogens is 1. The summed E-state index contributed by atoms with van der Waals surface area (Å²) in [6.45, 7) is 0. The normalized spacial score (nSPS) is 11.2. The minimum absolute atomic E-state index is 0.0370. The molecule has 1 amide bonds. The topological polar surface area (TPSA) is 88.2 Å². The lowest BCUT2D eigenvalue weighted by Crippen LogP contribution is -2.18. The first-order valence-corrected chi connectivity index (χ1v) is 13.9. The first-order valence-electron chi connectivity index (χ1n) is 11.2.